The topological polar surface area (TPSA) is 17.1 Å². The van der Waals surface area contributed by atoms with Gasteiger partial charge in [0.1, 0.15) is 0 Å². The van der Waals surface area contributed by atoms with E-state index in [-0.39, 0.29) is 12.3 Å². The van der Waals surface area contributed by atoms with E-state index < -0.39 is 11.5 Å². The molecule has 0 heterocycles. The highest BCUT2D eigenvalue weighted by molar-refractivity contribution is 5.91. The van der Waals surface area contributed by atoms with Crippen LogP contribution in [0.1, 0.15) is 34.1 Å². The maximum atomic E-state index is 13.6. The number of hydrogen-bond donors (Lipinski definition) is 0. The van der Waals surface area contributed by atoms with Gasteiger partial charge in [-0.15, -0.1) is 5.92 Å². The second-order valence-electron chi connectivity index (χ2n) is 3.05. The van der Waals surface area contributed by atoms with Crippen LogP contribution in [0.2, 0.25) is 0 Å². The zero-order chi connectivity index (χ0) is 9.78. The van der Waals surface area contributed by atoms with Crippen molar-refractivity contribution in [2.24, 2.45) is 5.92 Å². The zero-order valence-electron chi connectivity index (χ0n) is 8.07. The summed E-state index contributed by atoms with van der Waals surface area (Å²) in [5.74, 6) is 4.06. The van der Waals surface area contributed by atoms with E-state index in [1.807, 2.05) is 0 Å². The van der Waals surface area contributed by atoms with Gasteiger partial charge < -0.3 is 0 Å². The molecule has 0 aliphatic carbocycles. The Morgan fingerprint density at radius 3 is 2.33 bits per heavy atom. The molecule has 1 unspecified atom stereocenters. The third kappa shape index (κ3) is 2.34. The van der Waals surface area contributed by atoms with E-state index in [9.17, 15) is 9.18 Å². The van der Waals surface area contributed by atoms with Crippen LogP contribution in [0.4, 0.5) is 4.39 Å². The van der Waals surface area contributed by atoms with Gasteiger partial charge in [-0.2, -0.15) is 0 Å². The van der Waals surface area contributed by atoms with Crippen LogP contribution < -0.4 is 0 Å². The van der Waals surface area contributed by atoms with Gasteiger partial charge in [0, 0.05) is 5.92 Å². The van der Waals surface area contributed by atoms with Crippen molar-refractivity contribution >= 4 is 5.78 Å². The minimum Gasteiger partial charge on any atom is -0.295 e. The van der Waals surface area contributed by atoms with Gasteiger partial charge in [0.25, 0.3) is 0 Å². The van der Waals surface area contributed by atoms with Crippen LogP contribution in [0.5, 0.6) is 0 Å². The van der Waals surface area contributed by atoms with Crippen LogP contribution in [0, 0.1) is 17.8 Å². The van der Waals surface area contributed by atoms with Gasteiger partial charge >= 0.3 is 0 Å². The minimum atomic E-state index is -1.93. The molecule has 1 atom stereocenters. The van der Waals surface area contributed by atoms with E-state index >= 15 is 0 Å². The molecule has 12 heavy (non-hydrogen) atoms. The maximum absolute atomic E-state index is 13.6. The van der Waals surface area contributed by atoms with Crippen LogP contribution in [0.15, 0.2) is 0 Å². The lowest BCUT2D eigenvalue weighted by Crippen LogP contribution is -2.34. The predicted octanol–water partition coefficient (Wildman–Crippen LogP) is 2.35. The number of ketones is 1. The summed E-state index contributed by atoms with van der Waals surface area (Å²) in [6.07, 6.45) is 0.130. The number of carbonyl (C=O) groups is 1. The first-order chi connectivity index (χ1) is 5.48. The third-order valence-corrected chi connectivity index (χ3v) is 1.73. The summed E-state index contributed by atoms with van der Waals surface area (Å²) in [6, 6.07) is 0. The van der Waals surface area contributed by atoms with Crippen molar-refractivity contribution < 1.29 is 9.18 Å². The molecule has 0 aromatic rings. The van der Waals surface area contributed by atoms with E-state index in [1.165, 1.54) is 6.92 Å². The van der Waals surface area contributed by atoms with Crippen LogP contribution in [-0.4, -0.2) is 11.5 Å². The van der Waals surface area contributed by atoms with Gasteiger partial charge in [0.2, 0.25) is 5.67 Å². The van der Waals surface area contributed by atoms with Gasteiger partial charge in [-0.05, 0) is 13.3 Å². The molecule has 0 aliphatic heterocycles. The average Bonchev–Trinajstić information content (AvgIpc) is 2.03. The molecule has 0 aromatic heterocycles. The molecule has 0 aliphatic rings. The van der Waals surface area contributed by atoms with Crippen molar-refractivity contribution in [1.82, 2.24) is 0 Å². The number of Topliss-reactive ketones (excluding diaryl/α,β-unsaturated/α-hetero) is 1. The SMILES string of the molecule is CC#CC(F)(CC)C(=O)C(C)C. The Hall–Kier alpha value is -0.840. The Balaban J connectivity index is 4.71. The Bertz CT molecular complexity index is 222. The molecule has 0 saturated carbocycles. The summed E-state index contributed by atoms with van der Waals surface area (Å²) in [6.45, 7) is 6.54. The first-order valence-electron chi connectivity index (χ1n) is 4.15. The first-order valence-corrected chi connectivity index (χ1v) is 4.15. The molecule has 0 bridgehead atoms. The summed E-state index contributed by atoms with van der Waals surface area (Å²) in [5.41, 5.74) is -1.93. The molecule has 0 saturated heterocycles. The van der Waals surface area contributed by atoms with E-state index in [1.54, 1.807) is 20.8 Å². The molecule has 0 amide bonds. The molecule has 0 radical (unpaired) electrons. The van der Waals surface area contributed by atoms with Gasteiger partial charge in [-0.1, -0.05) is 26.7 Å². The summed E-state index contributed by atoms with van der Waals surface area (Å²) >= 11 is 0. The average molecular weight is 170 g/mol. The van der Waals surface area contributed by atoms with Crippen molar-refractivity contribution in [2.45, 2.75) is 39.8 Å². The second kappa shape index (κ2) is 4.25. The number of hydrogen-bond acceptors (Lipinski definition) is 1. The number of carbonyl (C=O) groups excluding carboxylic acids is 1. The summed E-state index contributed by atoms with van der Waals surface area (Å²) in [5, 5.41) is 0. The van der Waals surface area contributed by atoms with E-state index in [2.05, 4.69) is 11.8 Å². The van der Waals surface area contributed by atoms with Gasteiger partial charge in [0.05, 0.1) is 0 Å². The molecule has 0 N–H and O–H groups in total. The molecule has 0 aromatic carbocycles. The highest BCUT2D eigenvalue weighted by atomic mass is 19.1. The minimum absolute atomic E-state index is 0.130. The van der Waals surface area contributed by atoms with E-state index in [4.69, 9.17) is 0 Å². The largest absolute Gasteiger partial charge is 0.295 e. The molecular formula is C10H15FO. The monoisotopic (exact) mass is 170 g/mol. The Morgan fingerprint density at radius 1 is 1.58 bits per heavy atom. The fourth-order valence-electron chi connectivity index (χ4n) is 0.980. The highest BCUT2D eigenvalue weighted by Gasteiger charge is 2.35. The molecular weight excluding hydrogens is 155 g/mol. The van der Waals surface area contributed by atoms with Crippen molar-refractivity contribution in [3.63, 3.8) is 0 Å². The summed E-state index contributed by atoms with van der Waals surface area (Å²) < 4.78 is 13.6. The Morgan fingerprint density at radius 2 is 2.08 bits per heavy atom. The third-order valence-electron chi connectivity index (χ3n) is 1.73. The van der Waals surface area contributed by atoms with Gasteiger partial charge in [0.15, 0.2) is 5.78 Å². The quantitative estimate of drug-likeness (QED) is 0.594. The van der Waals surface area contributed by atoms with E-state index in [0.29, 0.717) is 0 Å². The lowest BCUT2D eigenvalue weighted by atomic mass is 9.90. The predicted molar refractivity (Wildman–Crippen MR) is 47.4 cm³/mol. The molecule has 0 spiro atoms. The fourth-order valence-corrected chi connectivity index (χ4v) is 0.980. The van der Waals surface area contributed by atoms with Crippen LogP contribution >= 0.6 is 0 Å². The Kier molecular flexibility index (Phi) is 3.95. The molecule has 2 heteroatoms. The van der Waals surface area contributed by atoms with Crippen molar-refractivity contribution in [1.29, 1.82) is 0 Å². The summed E-state index contributed by atoms with van der Waals surface area (Å²) in [4.78, 5) is 11.3. The first kappa shape index (κ1) is 11.2. The lowest BCUT2D eigenvalue weighted by molar-refractivity contribution is -0.130. The number of rotatable bonds is 3. The smallest absolute Gasteiger partial charge is 0.228 e. The Labute approximate surface area is 73.4 Å². The van der Waals surface area contributed by atoms with Crippen LogP contribution in [-0.2, 0) is 4.79 Å². The lowest BCUT2D eigenvalue weighted by Gasteiger charge is -2.17. The van der Waals surface area contributed by atoms with Crippen LogP contribution in [0.3, 0.4) is 0 Å². The normalized spacial score (nSPS) is 14.8. The van der Waals surface area contributed by atoms with Crippen molar-refractivity contribution in [2.75, 3.05) is 0 Å². The van der Waals surface area contributed by atoms with Crippen LogP contribution in [0.25, 0.3) is 0 Å². The number of halogens is 1. The molecule has 68 valence electrons. The number of alkyl halides is 1. The maximum Gasteiger partial charge on any atom is 0.228 e. The molecule has 0 rings (SSSR count). The molecule has 0 fully saturated rings. The van der Waals surface area contributed by atoms with Gasteiger partial charge in [-0.3, -0.25) is 4.79 Å². The summed E-state index contributed by atoms with van der Waals surface area (Å²) in [7, 11) is 0. The van der Waals surface area contributed by atoms with Crippen molar-refractivity contribution in [3.8, 4) is 11.8 Å². The fraction of sp³-hybridized carbons (Fsp3) is 0.700. The highest BCUT2D eigenvalue weighted by Crippen LogP contribution is 2.20. The molecule has 1 nitrogen and oxygen atoms in total. The van der Waals surface area contributed by atoms with Crippen molar-refractivity contribution in [3.05, 3.63) is 0 Å². The van der Waals surface area contributed by atoms with E-state index in [0.717, 1.165) is 0 Å². The zero-order valence-corrected chi connectivity index (χ0v) is 8.07. The standard InChI is InChI=1S/C10H15FO/c1-5-7-10(11,6-2)9(12)8(3)4/h8H,6H2,1-4H3. The van der Waals surface area contributed by atoms with Gasteiger partial charge in [-0.25, -0.2) is 4.39 Å². The second-order valence-corrected chi connectivity index (χ2v) is 3.05.